The van der Waals surface area contributed by atoms with E-state index < -0.39 is 0 Å². The van der Waals surface area contributed by atoms with Crippen molar-refractivity contribution in [1.82, 2.24) is 4.98 Å². The molecule has 2 aromatic carbocycles. The molecule has 0 aliphatic heterocycles. The minimum Gasteiger partial charge on any atom is -0.508 e. The van der Waals surface area contributed by atoms with E-state index in [1.807, 2.05) is 42.6 Å². The van der Waals surface area contributed by atoms with Gasteiger partial charge in [-0.25, -0.2) is 4.98 Å². The van der Waals surface area contributed by atoms with Crippen LogP contribution in [0.25, 0.3) is 0 Å². The maximum atomic E-state index is 10.3. The maximum absolute atomic E-state index is 10.3. The summed E-state index contributed by atoms with van der Waals surface area (Å²) in [5, 5.41) is 26.7. The Hall–Kier alpha value is -2.86. The molecule has 0 saturated carbocycles. The van der Waals surface area contributed by atoms with Gasteiger partial charge in [0.2, 0.25) is 0 Å². The van der Waals surface area contributed by atoms with Crippen molar-refractivity contribution >= 4 is 22.7 Å². The zero-order valence-electron chi connectivity index (χ0n) is 13.8. The fraction of sp³-hybridized carbons (Fsp3) is 0.158. The number of anilines is 1. The van der Waals surface area contributed by atoms with Gasteiger partial charge < -0.3 is 10.2 Å². The molecule has 0 unspecified atom stereocenters. The summed E-state index contributed by atoms with van der Waals surface area (Å²) < 4.78 is 0. The number of phenols is 2. The van der Waals surface area contributed by atoms with E-state index in [4.69, 9.17) is 0 Å². The summed E-state index contributed by atoms with van der Waals surface area (Å²) in [6, 6.07) is 12.8. The van der Waals surface area contributed by atoms with Crippen LogP contribution in [0.5, 0.6) is 11.5 Å². The third-order valence-electron chi connectivity index (χ3n) is 3.81. The average Bonchev–Trinajstić information content (AvgIpc) is 3.13. The lowest BCUT2D eigenvalue weighted by Gasteiger charge is -2.12. The van der Waals surface area contributed by atoms with Gasteiger partial charge in [-0.05, 0) is 30.2 Å². The molecule has 0 amide bonds. The van der Waals surface area contributed by atoms with Crippen molar-refractivity contribution in [2.45, 2.75) is 19.8 Å². The molecule has 1 aromatic heterocycles. The Labute approximate surface area is 150 Å². The number of hydrogen-bond acceptors (Lipinski definition) is 6. The highest BCUT2D eigenvalue weighted by Crippen LogP contribution is 2.29. The molecule has 6 heteroatoms. The number of nitrogens with zero attached hydrogens (tertiary/aromatic N) is 2. The number of benzene rings is 2. The molecule has 3 rings (SSSR count). The van der Waals surface area contributed by atoms with E-state index in [1.54, 1.807) is 11.6 Å². The molecule has 0 atom stereocenters. The molecule has 0 spiro atoms. The maximum Gasteiger partial charge on any atom is 0.128 e. The summed E-state index contributed by atoms with van der Waals surface area (Å²) in [4.78, 5) is 4.31. The summed E-state index contributed by atoms with van der Waals surface area (Å²) in [6.45, 7) is 1.95. The summed E-state index contributed by atoms with van der Waals surface area (Å²) >= 11 is 1.52. The van der Waals surface area contributed by atoms with Crippen LogP contribution >= 0.6 is 11.3 Å². The Morgan fingerprint density at radius 3 is 2.64 bits per heavy atom. The van der Waals surface area contributed by atoms with E-state index in [1.165, 1.54) is 17.4 Å². The molecule has 5 nitrogen and oxygen atoms in total. The topological polar surface area (TPSA) is 77.7 Å². The van der Waals surface area contributed by atoms with Crippen molar-refractivity contribution < 1.29 is 10.2 Å². The first-order valence-corrected chi connectivity index (χ1v) is 8.91. The van der Waals surface area contributed by atoms with Crippen molar-refractivity contribution in [2.75, 3.05) is 5.43 Å². The molecule has 0 bridgehead atoms. The van der Waals surface area contributed by atoms with Gasteiger partial charge in [-0.2, -0.15) is 5.10 Å². The number of nitrogens with one attached hydrogen (secondary N) is 1. The second kappa shape index (κ2) is 7.81. The van der Waals surface area contributed by atoms with Gasteiger partial charge in [-0.3, -0.25) is 5.43 Å². The Bertz CT molecular complexity index is 862. The summed E-state index contributed by atoms with van der Waals surface area (Å²) in [7, 11) is 0. The monoisotopic (exact) mass is 353 g/mol. The van der Waals surface area contributed by atoms with Crippen LogP contribution in [0.2, 0.25) is 0 Å². The largest absolute Gasteiger partial charge is 0.508 e. The van der Waals surface area contributed by atoms with Crippen LogP contribution in [0, 0.1) is 0 Å². The molecule has 1 heterocycles. The molecule has 0 aliphatic carbocycles. The highest BCUT2D eigenvalue weighted by molar-refractivity contribution is 7.07. The first-order chi connectivity index (χ1) is 12.2. The molecule has 25 heavy (non-hydrogen) atoms. The lowest BCUT2D eigenvalue weighted by Crippen LogP contribution is -2.10. The first-order valence-electron chi connectivity index (χ1n) is 7.97. The quantitative estimate of drug-likeness (QED) is 0.459. The second-order valence-electron chi connectivity index (χ2n) is 5.54. The van der Waals surface area contributed by atoms with Crippen LogP contribution in [-0.4, -0.2) is 20.9 Å². The minimum absolute atomic E-state index is 0.00135. The lowest BCUT2D eigenvalue weighted by atomic mass is 10.0. The zero-order chi connectivity index (χ0) is 17.6. The van der Waals surface area contributed by atoms with E-state index in [-0.39, 0.29) is 11.5 Å². The van der Waals surface area contributed by atoms with E-state index >= 15 is 0 Å². The normalized spacial score (nSPS) is 11.5. The van der Waals surface area contributed by atoms with Gasteiger partial charge in [0.15, 0.2) is 0 Å². The van der Waals surface area contributed by atoms with Crippen molar-refractivity contribution in [3.8, 4) is 11.5 Å². The van der Waals surface area contributed by atoms with Crippen molar-refractivity contribution in [2.24, 2.45) is 5.10 Å². The second-order valence-corrected chi connectivity index (χ2v) is 6.26. The van der Waals surface area contributed by atoms with Crippen molar-refractivity contribution in [3.63, 3.8) is 0 Å². The molecule has 128 valence electrons. The van der Waals surface area contributed by atoms with E-state index in [0.29, 0.717) is 24.1 Å². The van der Waals surface area contributed by atoms with Crippen LogP contribution in [0.1, 0.15) is 23.7 Å². The third-order valence-corrected chi connectivity index (χ3v) is 4.45. The smallest absolute Gasteiger partial charge is 0.128 e. The van der Waals surface area contributed by atoms with Crippen LogP contribution in [0.15, 0.2) is 58.5 Å². The fourth-order valence-corrected chi connectivity index (χ4v) is 3.03. The van der Waals surface area contributed by atoms with Gasteiger partial charge >= 0.3 is 0 Å². The van der Waals surface area contributed by atoms with Crippen molar-refractivity contribution in [1.29, 1.82) is 0 Å². The number of hydrazone groups is 1. The SMILES string of the molecule is CCc1cc(/C(Cc2cscn2)=N\Nc2ccccc2)c(O)cc1O. The first kappa shape index (κ1) is 17.0. The minimum atomic E-state index is -0.00135. The van der Waals surface area contributed by atoms with Gasteiger partial charge in [0.1, 0.15) is 11.5 Å². The van der Waals surface area contributed by atoms with Crippen molar-refractivity contribution in [3.05, 3.63) is 70.2 Å². The van der Waals surface area contributed by atoms with Gasteiger partial charge in [-0.1, -0.05) is 25.1 Å². The van der Waals surface area contributed by atoms with Crippen LogP contribution < -0.4 is 5.43 Å². The number of hydrogen-bond donors (Lipinski definition) is 3. The number of aromatic hydroxyl groups is 2. The van der Waals surface area contributed by atoms with Gasteiger partial charge in [-0.15, -0.1) is 11.3 Å². The number of aryl methyl sites for hydroxylation is 1. The number of phenolic OH excluding ortho intramolecular Hbond substituents is 2. The standard InChI is InChI=1S/C19H19N3O2S/c1-2-13-8-16(19(24)10-18(13)23)17(9-15-11-25-12-20-15)22-21-14-6-4-3-5-7-14/h3-8,10-12,21,23-24H,2,9H2,1H3/b22-17-. The van der Waals surface area contributed by atoms with Crippen LogP contribution in [-0.2, 0) is 12.8 Å². The zero-order valence-corrected chi connectivity index (χ0v) is 14.6. The van der Waals surface area contributed by atoms with Crippen LogP contribution in [0.4, 0.5) is 5.69 Å². The predicted octanol–water partition coefficient (Wildman–Crippen LogP) is 4.18. The van der Waals surface area contributed by atoms with E-state index in [2.05, 4.69) is 15.5 Å². The van der Waals surface area contributed by atoms with E-state index in [0.717, 1.165) is 16.9 Å². The Morgan fingerprint density at radius 1 is 1.16 bits per heavy atom. The molecular formula is C19H19N3O2S. The molecule has 3 N–H and O–H groups in total. The van der Waals surface area contributed by atoms with E-state index in [9.17, 15) is 10.2 Å². The summed E-state index contributed by atoms with van der Waals surface area (Å²) in [5.74, 6) is 0.0892. The lowest BCUT2D eigenvalue weighted by molar-refractivity contribution is 0.445. The van der Waals surface area contributed by atoms with Gasteiger partial charge in [0.25, 0.3) is 0 Å². The predicted molar refractivity (Wildman–Crippen MR) is 102 cm³/mol. The summed E-state index contributed by atoms with van der Waals surface area (Å²) in [6.07, 6.45) is 1.14. The Morgan fingerprint density at radius 2 is 1.96 bits per heavy atom. The molecule has 0 aliphatic rings. The highest BCUT2D eigenvalue weighted by atomic mass is 32.1. The molecular weight excluding hydrogens is 334 g/mol. The number of rotatable bonds is 6. The van der Waals surface area contributed by atoms with Crippen LogP contribution in [0.3, 0.4) is 0 Å². The number of thiazole rings is 1. The summed E-state index contributed by atoms with van der Waals surface area (Å²) in [5.41, 5.74) is 8.53. The molecule has 0 saturated heterocycles. The average molecular weight is 353 g/mol. The molecule has 3 aromatic rings. The highest BCUT2D eigenvalue weighted by Gasteiger charge is 2.15. The fourth-order valence-electron chi connectivity index (χ4n) is 2.47. The molecule has 0 fully saturated rings. The van der Waals surface area contributed by atoms with Gasteiger partial charge in [0, 0.05) is 23.4 Å². The number of para-hydroxylation sites is 1. The van der Waals surface area contributed by atoms with Gasteiger partial charge in [0.05, 0.1) is 22.6 Å². The Balaban J connectivity index is 1.98. The Kier molecular flexibility index (Phi) is 5.30. The third kappa shape index (κ3) is 4.16. The molecule has 0 radical (unpaired) electrons. The number of aromatic nitrogens is 1.